The SMILES string of the molecule is O=C(Nc1ccc(-n2cccn2)nc1)C1CCN(S(=O)(=O)/C=C/c2ccccc2)CC1. The van der Waals surface area contributed by atoms with Crippen LogP contribution in [0.1, 0.15) is 18.4 Å². The minimum atomic E-state index is -3.51. The topological polar surface area (TPSA) is 97.2 Å². The van der Waals surface area contributed by atoms with Gasteiger partial charge in [0, 0.05) is 36.8 Å². The Morgan fingerprint density at radius 1 is 1.06 bits per heavy atom. The van der Waals surface area contributed by atoms with E-state index >= 15 is 0 Å². The van der Waals surface area contributed by atoms with Crippen molar-refractivity contribution in [2.75, 3.05) is 18.4 Å². The summed E-state index contributed by atoms with van der Waals surface area (Å²) >= 11 is 0. The summed E-state index contributed by atoms with van der Waals surface area (Å²) in [6, 6.07) is 14.6. The number of piperidine rings is 1. The fourth-order valence-electron chi connectivity index (χ4n) is 3.43. The molecule has 31 heavy (non-hydrogen) atoms. The van der Waals surface area contributed by atoms with E-state index in [-0.39, 0.29) is 11.8 Å². The molecule has 0 spiro atoms. The van der Waals surface area contributed by atoms with E-state index in [2.05, 4.69) is 15.4 Å². The van der Waals surface area contributed by atoms with Gasteiger partial charge in [-0.1, -0.05) is 30.3 Å². The van der Waals surface area contributed by atoms with Crippen LogP contribution in [0.5, 0.6) is 0 Å². The molecule has 1 fully saturated rings. The van der Waals surface area contributed by atoms with Gasteiger partial charge in [0.2, 0.25) is 15.9 Å². The van der Waals surface area contributed by atoms with Crippen molar-refractivity contribution >= 4 is 27.7 Å². The minimum absolute atomic E-state index is 0.120. The number of hydrogen-bond donors (Lipinski definition) is 1. The lowest BCUT2D eigenvalue weighted by molar-refractivity contribution is -0.120. The lowest BCUT2D eigenvalue weighted by atomic mass is 9.97. The van der Waals surface area contributed by atoms with E-state index in [1.807, 2.05) is 30.3 Å². The molecule has 0 saturated carbocycles. The average molecular weight is 438 g/mol. The molecule has 0 atom stereocenters. The van der Waals surface area contributed by atoms with E-state index in [1.165, 1.54) is 9.71 Å². The number of sulfonamides is 1. The number of carbonyl (C=O) groups excluding carboxylic acids is 1. The van der Waals surface area contributed by atoms with E-state index in [1.54, 1.807) is 47.5 Å². The zero-order valence-electron chi connectivity index (χ0n) is 16.8. The van der Waals surface area contributed by atoms with E-state index < -0.39 is 10.0 Å². The Bertz CT molecular complexity index is 1140. The Morgan fingerprint density at radius 2 is 1.84 bits per heavy atom. The third kappa shape index (κ3) is 5.25. The number of nitrogens with one attached hydrogen (secondary N) is 1. The highest BCUT2D eigenvalue weighted by molar-refractivity contribution is 7.92. The van der Waals surface area contributed by atoms with Crippen LogP contribution in [-0.2, 0) is 14.8 Å². The van der Waals surface area contributed by atoms with Crippen LogP contribution in [0.2, 0.25) is 0 Å². The summed E-state index contributed by atoms with van der Waals surface area (Å²) in [5.74, 6) is 0.297. The predicted octanol–water partition coefficient (Wildman–Crippen LogP) is 2.92. The summed E-state index contributed by atoms with van der Waals surface area (Å²) in [6.45, 7) is 0.631. The highest BCUT2D eigenvalue weighted by Crippen LogP contribution is 2.22. The molecule has 0 unspecified atom stereocenters. The molecule has 3 heterocycles. The molecule has 160 valence electrons. The van der Waals surface area contributed by atoms with Crippen LogP contribution in [0.15, 0.2) is 72.5 Å². The van der Waals surface area contributed by atoms with Crippen LogP contribution >= 0.6 is 0 Å². The van der Waals surface area contributed by atoms with Gasteiger partial charge in [-0.05, 0) is 42.7 Å². The van der Waals surface area contributed by atoms with Crippen LogP contribution in [0, 0.1) is 5.92 Å². The molecule has 1 N–H and O–H groups in total. The summed E-state index contributed by atoms with van der Waals surface area (Å²) in [7, 11) is -3.51. The average Bonchev–Trinajstić information content (AvgIpc) is 3.34. The second-order valence-electron chi connectivity index (χ2n) is 7.28. The predicted molar refractivity (Wildman–Crippen MR) is 119 cm³/mol. The van der Waals surface area contributed by atoms with Crippen LogP contribution in [0.25, 0.3) is 11.9 Å². The third-order valence-corrected chi connectivity index (χ3v) is 6.74. The minimum Gasteiger partial charge on any atom is -0.324 e. The molecule has 1 saturated heterocycles. The largest absolute Gasteiger partial charge is 0.324 e. The van der Waals surface area contributed by atoms with Crippen LogP contribution < -0.4 is 5.32 Å². The number of carbonyl (C=O) groups is 1. The fourth-order valence-corrected chi connectivity index (χ4v) is 4.65. The van der Waals surface area contributed by atoms with Crippen molar-refractivity contribution < 1.29 is 13.2 Å². The van der Waals surface area contributed by atoms with Gasteiger partial charge in [0.1, 0.15) is 0 Å². The van der Waals surface area contributed by atoms with Crippen LogP contribution in [0.3, 0.4) is 0 Å². The summed E-state index contributed by atoms with van der Waals surface area (Å²) in [5.41, 5.74) is 1.43. The number of benzene rings is 1. The normalized spacial score (nSPS) is 15.9. The van der Waals surface area contributed by atoms with Crippen molar-refractivity contribution in [1.82, 2.24) is 19.1 Å². The van der Waals surface area contributed by atoms with Crippen LogP contribution in [-0.4, -0.2) is 46.5 Å². The quantitative estimate of drug-likeness (QED) is 0.640. The molecule has 2 aromatic heterocycles. The van der Waals surface area contributed by atoms with E-state index in [0.717, 1.165) is 5.56 Å². The Morgan fingerprint density at radius 3 is 2.48 bits per heavy atom. The van der Waals surface area contributed by atoms with Crippen molar-refractivity contribution in [1.29, 1.82) is 0 Å². The van der Waals surface area contributed by atoms with E-state index in [9.17, 15) is 13.2 Å². The maximum absolute atomic E-state index is 12.6. The number of rotatable bonds is 6. The monoisotopic (exact) mass is 437 g/mol. The first-order valence-electron chi connectivity index (χ1n) is 10.0. The van der Waals surface area contributed by atoms with Gasteiger partial charge >= 0.3 is 0 Å². The third-order valence-electron chi connectivity index (χ3n) is 5.17. The second-order valence-corrected chi connectivity index (χ2v) is 9.10. The molecular weight excluding hydrogens is 414 g/mol. The Kier molecular flexibility index (Phi) is 6.24. The van der Waals surface area contributed by atoms with Gasteiger partial charge in [-0.2, -0.15) is 9.40 Å². The first-order valence-corrected chi connectivity index (χ1v) is 11.5. The molecule has 0 aliphatic carbocycles. The van der Waals surface area contributed by atoms with E-state index in [0.29, 0.717) is 37.4 Å². The van der Waals surface area contributed by atoms with Crippen LogP contribution in [0.4, 0.5) is 5.69 Å². The van der Waals surface area contributed by atoms with Gasteiger partial charge in [-0.25, -0.2) is 18.1 Å². The lowest BCUT2D eigenvalue weighted by Crippen LogP contribution is -2.40. The molecule has 3 aromatic rings. The van der Waals surface area contributed by atoms with Crippen molar-refractivity contribution in [2.45, 2.75) is 12.8 Å². The first-order chi connectivity index (χ1) is 15.0. The fraction of sp³-hybridized carbons (Fsp3) is 0.227. The zero-order chi connectivity index (χ0) is 21.7. The Labute approximate surface area is 181 Å². The summed E-state index contributed by atoms with van der Waals surface area (Å²) in [5, 5.41) is 8.22. The molecular formula is C22H23N5O3S. The number of anilines is 1. The molecule has 0 bridgehead atoms. The lowest BCUT2D eigenvalue weighted by Gasteiger charge is -2.29. The standard InChI is InChI=1S/C22H23N5O3S/c28-22(25-20-7-8-21(23-17-20)27-13-4-12-24-27)19-9-14-26(15-10-19)31(29,30)16-11-18-5-2-1-3-6-18/h1-8,11-13,16-17,19H,9-10,14-15H2,(H,25,28)/b16-11+. The summed E-state index contributed by atoms with van der Waals surface area (Å²) < 4.78 is 28.2. The van der Waals surface area contributed by atoms with Gasteiger partial charge in [0.05, 0.1) is 11.9 Å². The molecule has 1 amide bonds. The van der Waals surface area contributed by atoms with Crippen molar-refractivity contribution in [3.63, 3.8) is 0 Å². The molecule has 9 heteroatoms. The molecule has 1 aliphatic heterocycles. The summed E-state index contributed by atoms with van der Waals surface area (Å²) in [4.78, 5) is 16.9. The van der Waals surface area contributed by atoms with Crippen molar-refractivity contribution in [3.05, 3.63) is 78.1 Å². The molecule has 8 nitrogen and oxygen atoms in total. The second kappa shape index (κ2) is 9.23. The Hall–Kier alpha value is -3.30. The van der Waals surface area contributed by atoms with Gasteiger partial charge < -0.3 is 5.32 Å². The van der Waals surface area contributed by atoms with Gasteiger partial charge in [0.15, 0.2) is 5.82 Å². The van der Waals surface area contributed by atoms with Gasteiger partial charge in [-0.15, -0.1) is 0 Å². The first kappa shape index (κ1) is 21.0. The molecule has 0 radical (unpaired) electrons. The number of amides is 1. The van der Waals surface area contributed by atoms with Gasteiger partial charge in [0.25, 0.3) is 0 Å². The maximum Gasteiger partial charge on any atom is 0.236 e. The molecule has 1 aliphatic rings. The smallest absolute Gasteiger partial charge is 0.236 e. The highest BCUT2D eigenvalue weighted by atomic mass is 32.2. The highest BCUT2D eigenvalue weighted by Gasteiger charge is 2.30. The van der Waals surface area contributed by atoms with E-state index in [4.69, 9.17) is 0 Å². The maximum atomic E-state index is 12.6. The zero-order valence-corrected chi connectivity index (χ0v) is 17.6. The number of pyridine rings is 1. The molecule has 1 aromatic carbocycles. The summed E-state index contributed by atoms with van der Waals surface area (Å²) in [6.07, 6.45) is 7.59. The van der Waals surface area contributed by atoms with Crippen molar-refractivity contribution in [3.8, 4) is 5.82 Å². The van der Waals surface area contributed by atoms with Crippen molar-refractivity contribution in [2.24, 2.45) is 5.92 Å². The number of hydrogen-bond acceptors (Lipinski definition) is 5. The Balaban J connectivity index is 1.31. The number of nitrogens with zero attached hydrogens (tertiary/aromatic N) is 4. The van der Waals surface area contributed by atoms with Gasteiger partial charge in [-0.3, -0.25) is 4.79 Å². The number of aromatic nitrogens is 3. The molecule has 4 rings (SSSR count).